The number of pyridine rings is 1. The lowest BCUT2D eigenvalue weighted by Gasteiger charge is -2.38. The van der Waals surface area contributed by atoms with Gasteiger partial charge in [-0.15, -0.1) is 0 Å². The summed E-state index contributed by atoms with van der Waals surface area (Å²) < 4.78 is 12.5. The summed E-state index contributed by atoms with van der Waals surface area (Å²) in [5.74, 6) is 2.55. The molecule has 3 aromatic rings. The Morgan fingerprint density at radius 3 is 2.70 bits per heavy atom. The number of benzene rings is 1. The molecule has 0 bridgehead atoms. The molecular formula is C28H32N7OP. The molecule has 0 radical (unpaired) electrons. The van der Waals surface area contributed by atoms with E-state index >= 15 is 0 Å². The second-order valence-electron chi connectivity index (χ2n) is 11.0. The fourth-order valence-electron chi connectivity index (χ4n) is 5.92. The van der Waals surface area contributed by atoms with E-state index in [1.807, 2.05) is 6.07 Å². The summed E-state index contributed by atoms with van der Waals surface area (Å²) in [6, 6.07) is 9.83. The third-order valence-electron chi connectivity index (χ3n) is 7.64. The number of nitrogens with zero attached hydrogens (tertiary/aromatic N) is 5. The number of nitrogens with one attached hydrogen (secondary N) is 2. The molecule has 2 N–H and O–H groups in total. The van der Waals surface area contributed by atoms with Crippen molar-refractivity contribution < 1.29 is 4.57 Å². The smallest absolute Gasteiger partial charge is 0.229 e. The maximum absolute atomic E-state index is 12.5. The number of rotatable bonds is 6. The van der Waals surface area contributed by atoms with Crippen molar-refractivity contribution in [1.29, 1.82) is 5.26 Å². The SMILES string of the molecule is CN1Cc2cc(Nc3ncc(C#N)c(Nc4cccc(P(C)(C)=O)n4)n3)c(C3CC3)c3c2C(CCC3)C1. The van der Waals surface area contributed by atoms with Crippen LogP contribution in [0.15, 0.2) is 30.5 Å². The van der Waals surface area contributed by atoms with Crippen LogP contribution in [0.5, 0.6) is 0 Å². The van der Waals surface area contributed by atoms with E-state index < -0.39 is 7.14 Å². The van der Waals surface area contributed by atoms with Gasteiger partial charge in [-0.2, -0.15) is 10.2 Å². The molecule has 1 fully saturated rings. The molecule has 1 aromatic carbocycles. The Morgan fingerprint density at radius 2 is 1.95 bits per heavy atom. The highest BCUT2D eigenvalue weighted by atomic mass is 31.2. The maximum Gasteiger partial charge on any atom is 0.229 e. The van der Waals surface area contributed by atoms with Crippen LogP contribution in [-0.2, 0) is 17.5 Å². The van der Waals surface area contributed by atoms with E-state index in [9.17, 15) is 9.83 Å². The molecule has 1 unspecified atom stereocenters. The largest absolute Gasteiger partial charge is 0.324 e. The van der Waals surface area contributed by atoms with Gasteiger partial charge in [-0.05, 0) is 105 Å². The second-order valence-corrected chi connectivity index (χ2v) is 14.2. The lowest BCUT2D eigenvalue weighted by atomic mass is 9.75. The summed E-state index contributed by atoms with van der Waals surface area (Å²) in [7, 11) is -0.312. The van der Waals surface area contributed by atoms with Crippen molar-refractivity contribution >= 4 is 35.8 Å². The summed E-state index contributed by atoms with van der Waals surface area (Å²) in [4.78, 5) is 16.1. The molecule has 0 amide bonds. The van der Waals surface area contributed by atoms with Crippen LogP contribution in [0.2, 0.25) is 0 Å². The fourth-order valence-corrected chi connectivity index (χ4v) is 6.71. The highest BCUT2D eigenvalue weighted by molar-refractivity contribution is 7.69. The molecule has 0 saturated heterocycles. The van der Waals surface area contributed by atoms with E-state index in [1.54, 1.807) is 36.6 Å². The molecule has 190 valence electrons. The predicted octanol–water partition coefficient (Wildman–Crippen LogP) is 5.22. The number of nitriles is 1. The van der Waals surface area contributed by atoms with Crippen molar-refractivity contribution in [2.24, 2.45) is 0 Å². The van der Waals surface area contributed by atoms with E-state index in [4.69, 9.17) is 0 Å². The van der Waals surface area contributed by atoms with Crippen molar-refractivity contribution in [3.05, 3.63) is 58.3 Å². The number of hydrogen-bond donors (Lipinski definition) is 2. The summed E-state index contributed by atoms with van der Waals surface area (Å²) in [6.07, 6.45) is 7.65. The molecule has 6 rings (SSSR count). The van der Waals surface area contributed by atoms with Crippen LogP contribution >= 0.6 is 7.14 Å². The second kappa shape index (κ2) is 9.24. The minimum atomic E-state index is -2.52. The minimum Gasteiger partial charge on any atom is -0.324 e. The number of hydrogen-bond acceptors (Lipinski definition) is 8. The molecular weight excluding hydrogens is 481 g/mol. The number of aromatic nitrogens is 3. The first kappa shape index (κ1) is 24.1. The molecule has 0 spiro atoms. The zero-order valence-corrected chi connectivity index (χ0v) is 22.5. The van der Waals surface area contributed by atoms with Crippen molar-refractivity contribution in [3.8, 4) is 6.07 Å². The number of anilines is 4. The van der Waals surface area contributed by atoms with Gasteiger partial charge >= 0.3 is 0 Å². The zero-order chi connectivity index (χ0) is 25.7. The van der Waals surface area contributed by atoms with Crippen LogP contribution in [0, 0.1) is 11.3 Å². The lowest BCUT2D eigenvalue weighted by molar-refractivity contribution is 0.266. The van der Waals surface area contributed by atoms with Gasteiger partial charge in [0.15, 0.2) is 5.82 Å². The highest BCUT2D eigenvalue weighted by Crippen LogP contribution is 2.51. The average Bonchev–Trinajstić information content (AvgIpc) is 3.69. The molecule has 37 heavy (non-hydrogen) atoms. The summed E-state index contributed by atoms with van der Waals surface area (Å²) in [5.41, 5.74) is 7.98. The molecule has 8 nitrogen and oxygen atoms in total. The average molecular weight is 514 g/mol. The molecule has 2 aliphatic carbocycles. The Morgan fingerprint density at radius 1 is 1.11 bits per heavy atom. The molecule has 3 aliphatic rings. The van der Waals surface area contributed by atoms with Gasteiger partial charge in [0, 0.05) is 18.8 Å². The Balaban J connectivity index is 1.37. The Bertz CT molecular complexity index is 1470. The van der Waals surface area contributed by atoms with Crippen LogP contribution in [0.1, 0.15) is 65.3 Å². The standard InChI is InChI=1S/C28H32N7OP/c1-35-15-18-6-4-7-21-25(18)19(16-35)12-22(26(21)17-10-11-17)31-28-30-14-20(13-29)27(34-28)33-23-8-5-9-24(32-23)37(2,3)36/h5,8-9,12,14,17-18H,4,6-7,10-11,15-16H2,1-3H3,(H2,30,31,32,33,34). The molecule has 1 atom stereocenters. The van der Waals surface area contributed by atoms with E-state index in [-0.39, 0.29) is 0 Å². The van der Waals surface area contributed by atoms with Gasteiger partial charge < -0.3 is 20.1 Å². The highest BCUT2D eigenvalue weighted by Gasteiger charge is 2.36. The predicted molar refractivity (Wildman–Crippen MR) is 147 cm³/mol. The Labute approximate surface area is 217 Å². The van der Waals surface area contributed by atoms with E-state index in [2.05, 4.69) is 49.7 Å². The van der Waals surface area contributed by atoms with Crippen molar-refractivity contribution in [3.63, 3.8) is 0 Å². The summed E-state index contributed by atoms with van der Waals surface area (Å²) in [5, 5.41) is 16.4. The van der Waals surface area contributed by atoms with Crippen molar-refractivity contribution in [2.75, 3.05) is 37.6 Å². The normalized spacial score (nSPS) is 19.1. The minimum absolute atomic E-state index is 0.321. The summed E-state index contributed by atoms with van der Waals surface area (Å²) in [6.45, 7) is 5.48. The van der Waals surface area contributed by atoms with Gasteiger partial charge in [0.05, 0.1) is 6.20 Å². The van der Waals surface area contributed by atoms with Crippen LogP contribution in [0.3, 0.4) is 0 Å². The van der Waals surface area contributed by atoms with Gasteiger partial charge in [0.25, 0.3) is 0 Å². The van der Waals surface area contributed by atoms with Gasteiger partial charge in [-0.1, -0.05) is 6.07 Å². The van der Waals surface area contributed by atoms with E-state index in [1.165, 1.54) is 43.0 Å². The van der Waals surface area contributed by atoms with Gasteiger partial charge in [0.2, 0.25) is 5.95 Å². The molecule has 1 saturated carbocycles. The first-order valence-corrected chi connectivity index (χ1v) is 15.6. The number of likely N-dealkylation sites (N-methyl/N-ethyl adjacent to an activating group) is 1. The van der Waals surface area contributed by atoms with Crippen LogP contribution < -0.4 is 16.1 Å². The van der Waals surface area contributed by atoms with E-state index in [0.29, 0.717) is 40.4 Å². The monoisotopic (exact) mass is 513 g/mol. The van der Waals surface area contributed by atoms with Gasteiger partial charge in [-0.3, -0.25) is 0 Å². The van der Waals surface area contributed by atoms with Crippen LogP contribution in [0.4, 0.5) is 23.3 Å². The third kappa shape index (κ3) is 4.74. The van der Waals surface area contributed by atoms with Crippen molar-refractivity contribution in [1.82, 2.24) is 19.9 Å². The lowest BCUT2D eigenvalue weighted by Crippen LogP contribution is -2.33. The molecule has 1 aliphatic heterocycles. The first-order valence-electron chi connectivity index (χ1n) is 13.0. The van der Waals surface area contributed by atoms with Gasteiger partial charge in [-0.25, -0.2) is 9.97 Å². The topological polar surface area (TPSA) is 107 Å². The molecule has 9 heteroatoms. The van der Waals surface area contributed by atoms with Crippen molar-refractivity contribution in [2.45, 2.75) is 50.5 Å². The molecule has 2 aromatic heterocycles. The summed E-state index contributed by atoms with van der Waals surface area (Å²) >= 11 is 0. The molecule has 3 heterocycles. The van der Waals surface area contributed by atoms with E-state index in [0.717, 1.165) is 25.2 Å². The maximum atomic E-state index is 12.5. The quantitative estimate of drug-likeness (QED) is 0.432. The third-order valence-corrected chi connectivity index (χ3v) is 8.99. The fraction of sp³-hybridized carbons (Fsp3) is 0.429. The van der Waals surface area contributed by atoms with Gasteiger partial charge in [0.1, 0.15) is 30.0 Å². The Kier molecular flexibility index (Phi) is 6.01. The Hall–Kier alpha value is -3.27. The first-order chi connectivity index (χ1) is 17.8. The van der Waals surface area contributed by atoms with Crippen LogP contribution in [0.25, 0.3) is 0 Å². The zero-order valence-electron chi connectivity index (χ0n) is 21.6. The van der Waals surface area contributed by atoms with Crippen LogP contribution in [-0.4, -0.2) is 46.8 Å².